The van der Waals surface area contributed by atoms with Gasteiger partial charge in [0.25, 0.3) is 0 Å². The highest BCUT2D eigenvalue weighted by atomic mass is 127. The number of carbonyl (C=O) groups is 1. The van der Waals surface area contributed by atoms with Gasteiger partial charge in [0.2, 0.25) is 0 Å². The van der Waals surface area contributed by atoms with Gasteiger partial charge in [-0.05, 0) is 49.4 Å². The number of amides is 1. The Morgan fingerprint density at radius 1 is 1.23 bits per heavy atom. The molecule has 1 amide bonds. The number of halogens is 2. The van der Waals surface area contributed by atoms with Crippen LogP contribution >= 0.6 is 35.7 Å². The molecule has 0 unspecified atom stereocenters. The number of aromatic nitrogens is 2. The van der Waals surface area contributed by atoms with Crippen LogP contribution < -0.4 is 10.6 Å². The van der Waals surface area contributed by atoms with Crippen LogP contribution in [0, 0.1) is 5.82 Å². The van der Waals surface area contributed by atoms with E-state index in [1.54, 1.807) is 17.8 Å². The van der Waals surface area contributed by atoms with Gasteiger partial charge in [0.1, 0.15) is 17.4 Å². The molecule has 1 fully saturated rings. The number of nitrogens with zero attached hydrogens (tertiary/aromatic N) is 2. The zero-order chi connectivity index (χ0) is 27.1. The molecule has 2 aromatic rings. The minimum atomic E-state index is -0.853. The van der Waals surface area contributed by atoms with Crippen LogP contribution in [0.1, 0.15) is 33.8 Å². The van der Waals surface area contributed by atoms with Gasteiger partial charge >= 0.3 is 6.09 Å². The molecule has 220 valence electrons. The van der Waals surface area contributed by atoms with Crippen LogP contribution in [0.4, 0.5) is 20.7 Å². The lowest BCUT2D eigenvalue weighted by Crippen LogP contribution is -2.14. The number of hydrogen-bond acceptors (Lipinski definition) is 7. The minimum Gasteiger partial charge on any atom is -0.412 e. The summed E-state index contributed by atoms with van der Waals surface area (Å²) in [5.74, 6) is 0.457. The van der Waals surface area contributed by atoms with Crippen molar-refractivity contribution in [2.75, 3.05) is 30.0 Å². The van der Waals surface area contributed by atoms with Crippen LogP contribution in [0.3, 0.4) is 0 Å². The molecule has 1 aromatic carbocycles. The van der Waals surface area contributed by atoms with E-state index in [4.69, 9.17) is 9.84 Å². The number of hydrogen-bond donors (Lipinski definition) is 3. The second-order valence-electron chi connectivity index (χ2n) is 7.03. The molecule has 39 heavy (non-hydrogen) atoms. The van der Waals surface area contributed by atoms with Crippen molar-refractivity contribution in [3.8, 4) is 11.4 Å². The zero-order valence-electron chi connectivity index (χ0n) is 22.6. The summed E-state index contributed by atoms with van der Waals surface area (Å²) in [5, 5.41) is 14.5. The Bertz CT molecular complexity index is 1090. The van der Waals surface area contributed by atoms with Crippen molar-refractivity contribution in [2.45, 2.75) is 31.4 Å². The van der Waals surface area contributed by atoms with Gasteiger partial charge in [-0.25, -0.2) is 19.2 Å². The van der Waals surface area contributed by atoms with Crippen LogP contribution in [0.25, 0.3) is 11.4 Å². The number of ether oxygens (including phenoxy) is 1. The highest BCUT2D eigenvalue weighted by Crippen LogP contribution is 2.55. The Labute approximate surface area is 252 Å². The Balaban J connectivity index is -0.000000774. The lowest BCUT2D eigenvalue weighted by Gasteiger charge is -2.15. The fraction of sp³-hybridized carbons (Fsp3) is 0.296. The number of rotatable bonds is 10. The van der Waals surface area contributed by atoms with E-state index in [9.17, 15) is 9.18 Å². The third-order valence-corrected chi connectivity index (χ3v) is 6.26. The average Bonchev–Trinajstić information content (AvgIpc) is 3.72. The number of benzene rings is 1. The van der Waals surface area contributed by atoms with E-state index in [0.717, 1.165) is 18.5 Å². The molecule has 1 aromatic heterocycles. The van der Waals surface area contributed by atoms with E-state index < -0.39 is 11.9 Å². The fourth-order valence-corrected chi connectivity index (χ4v) is 3.84. The molecule has 12 heteroatoms. The molecule has 9 nitrogen and oxygen atoms in total. The molecule has 0 radical (unpaired) electrons. The molecule has 0 saturated heterocycles. The zero-order valence-corrected chi connectivity index (χ0v) is 25.7. The second-order valence-corrected chi connectivity index (χ2v) is 8.22. The van der Waals surface area contributed by atoms with Crippen molar-refractivity contribution >= 4 is 53.3 Å². The Hall–Kier alpha value is -2.78. The van der Waals surface area contributed by atoms with Crippen molar-refractivity contribution in [1.29, 1.82) is 0 Å². The van der Waals surface area contributed by atoms with E-state index in [2.05, 4.69) is 46.9 Å². The van der Waals surface area contributed by atoms with Crippen molar-refractivity contribution in [2.24, 2.45) is 0 Å². The van der Waals surface area contributed by atoms with Gasteiger partial charge < -0.3 is 26.1 Å². The summed E-state index contributed by atoms with van der Waals surface area (Å²) < 4.78 is 19.7. The number of thioether (sulfide) groups is 1. The van der Waals surface area contributed by atoms with Crippen LogP contribution in [0.15, 0.2) is 74.6 Å². The molecule has 3 rings (SSSR count). The van der Waals surface area contributed by atoms with Crippen molar-refractivity contribution in [3.05, 3.63) is 86.1 Å². The summed E-state index contributed by atoms with van der Waals surface area (Å²) in [6.07, 6.45) is 7.45. The van der Waals surface area contributed by atoms with Crippen LogP contribution in [-0.2, 0) is 9.48 Å². The predicted octanol–water partition coefficient (Wildman–Crippen LogP) is 5.89. The standard InChI is InChI=1S/C23H25FN4O3S.C2H6.C2H4.HI.2H2O.H2/c1-4-6-16(5-2)31-22(30)26-18-8-7-15(13-17(18)24)21-27-19(23(32-3)9-10-23)14-20(28-21)25-11-12-29;2*1-2;;;;/h4-8,13-14,29H,1-2,9-12H2,3H3,(H,26,30)(H,25,27,28);1-2H3;1-2H2;1H;2*1H2;1H/b16-6+;;;;;;. The first-order valence-electron chi connectivity index (χ1n) is 11.5. The normalized spacial score (nSPS) is 12.1. The highest BCUT2D eigenvalue weighted by Gasteiger charge is 2.45. The van der Waals surface area contributed by atoms with Gasteiger partial charge in [-0.3, -0.25) is 5.32 Å². The van der Waals surface area contributed by atoms with Crippen LogP contribution in [0.2, 0.25) is 0 Å². The lowest BCUT2D eigenvalue weighted by atomic mass is 10.1. The van der Waals surface area contributed by atoms with Gasteiger partial charge in [0, 0.05) is 19.6 Å². The van der Waals surface area contributed by atoms with Gasteiger partial charge in [0.15, 0.2) is 5.82 Å². The molecule has 0 spiro atoms. The minimum absolute atomic E-state index is 0. The first-order chi connectivity index (χ1) is 17.4. The van der Waals surface area contributed by atoms with E-state index in [1.165, 1.54) is 30.4 Å². The Kier molecular flexibility index (Phi) is 22.0. The van der Waals surface area contributed by atoms with Gasteiger partial charge in [-0.1, -0.05) is 33.1 Å². The summed E-state index contributed by atoms with van der Waals surface area (Å²) in [4.78, 5) is 21.2. The van der Waals surface area contributed by atoms with E-state index in [1.807, 2.05) is 26.2 Å². The number of allylic oxidation sites excluding steroid dienone is 3. The van der Waals surface area contributed by atoms with Gasteiger partial charge in [0.05, 0.1) is 22.7 Å². The van der Waals surface area contributed by atoms with Gasteiger partial charge in [-0.15, -0.1) is 37.1 Å². The fourth-order valence-electron chi connectivity index (χ4n) is 3.02. The maximum atomic E-state index is 14.8. The topological polar surface area (TPSA) is 159 Å². The van der Waals surface area contributed by atoms with Crippen molar-refractivity contribution < 1.29 is 31.4 Å². The Morgan fingerprint density at radius 3 is 2.36 bits per heavy atom. The number of anilines is 2. The molecular weight excluding hydrogens is 638 g/mol. The largest absolute Gasteiger partial charge is 0.417 e. The summed E-state index contributed by atoms with van der Waals surface area (Å²) >= 11 is 1.73. The molecular formula is C27H42FIN4O5S. The maximum absolute atomic E-state index is 14.8. The summed E-state index contributed by atoms with van der Waals surface area (Å²) in [6.45, 7) is 17.4. The van der Waals surface area contributed by atoms with Gasteiger partial charge in [-0.2, -0.15) is 11.8 Å². The lowest BCUT2D eigenvalue weighted by molar-refractivity contribution is 0.194. The number of carbonyl (C=O) groups excluding carboxylic acids is 1. The van der Waals surface area contributed by atoms with Crippen LogP contribution in [-0.4, -0.2) is 51.5 Å². The third kappa shape index (κ3) is 11.9. The molecule has 1 aliphatic rings. The third-order valence-electron chi connectivity index (χ3n) is 4.86. The van der Waals surface area contributed by atoms with E-state index in [-0.39, 0.29) is 59.2 Å². The first kappa shape index (κ1) is 40.7. The molecule has 7 N–H and O–H groups in total. The summed E-state index contributed by atoms with van der Waals surface area (Å²) in [7, 11) is 0. The molecule has 1 aliphatic carbocycles. The Morgan fingerprint density at radius 2 is 1.87 bits per heavy atom. The monoisotopic (exact) mass is 680 g/mol. The number of aliphatic hydroxyl groups is 1. The second kappa shape index (κ2) is 21.1. The summed E-state index contributed by atoms with van der Waals surface area (Å²) in [5.41, 5.74) is 1.29. The van der Waals surface area contributed by atoms with Crippen LogP contribution in [0.5, 0.6) is 0 Å². The van der Waals surface area contributed by atoms with E-state index in [0.29, 0.717) is 23.8 Å². The highest BCUT2D eigenvalue weighted by molar-refractivity contribution is 14.0. The smallest absolute Gasteiger partial charge is 0.412 e. The molecule has 0 aliphatic heterocycles. The maximum Gasteiger partial charge on any atom is 0.417 e. The van der Waals surface area contributed by atoms with Crippen molar-refractivity contribution in [1.82, 2.24) is 9.97 Å². The molecule has 1 saturated carbocycles. The summed E-state index contributed by atoms with van der Waals surface area (Å²) in [6, 6.07) is 6.19. The molecule has 0 atom stereocenters. The number of aliphatic hydroxyl groups excluding tert-OH is 1. The average molecular weight is 681 g/mol. The SMILES string of the molecule is C=C.C=C/C=C(\C=C)OC(=O)Nc1ccc(-c2nc(NCCO)cc(C3(SC)CC3)n2)cc1F.CC.I.O.O.[HH]. The first-order valence-corrected chi connectivity index (χ1v) is 12.7. The van der Waals surface area contributed by atoms with Crippen molar-refractivity contribution in [3.63, 3.8) is 0 Å². The predicted molar refractivity (Wildman–Crippen MR) is 173 cm³/mol. The quantitative estimate of drug-likeness (QED) is 0.122. The molecule has 0 bridgehead atoms. The number of nitrogens with one attached hydrogen (secondary N) is 2. The van der Waals surface area contributed by atoms with E-state index >= 15 is 0 Å². The molecule has 1 heterocycles.